The minimum absolute atomic E-state index is 0.162. The van der Waals surface area contributed by atoms with Crippen LogP contribution in [0.25, 0.3) is 0 Å². The third-order valence-corrected chi connectivity index (χ3v) is 2.00. The summed E-state index contributed by atoms with van der Waals surface area (Å²) < 4.78 is 0. The van der Waals surface area contributed by atoms with E-state index in [9.17, 15) is 4.79 Å². The van der Waals surface area contributed by atoms with Crippen LogP contribution in [0, 0.1) is 12.3 Å². The number of aryl methyl sites for hydroxylation is 1. The van der Waals surface area contributed by atoms with Gasteiger partial charge in [-0.1, -0.05) is 12.8 Å². The number of hydrogen-bond donors (Lipinski definition) is 1. The molecule has 1 aromatic rings. The summed E-state index contributed by atoms with van der Waals surface area (Å²) >= 11 is 0. The van der Waals surface area contributed by atoms with Gasteiger partial charge in [0.05, 0.1) is 6.54 Å². The SMILES string of the molecule is C#CCN(CC(=O)O)c1cc(CC)ncn1. The highest BCUT2D eigenvalue weighted by atomic mass is 16.4. The molecule has 1 heterocycles. The van der Waals surface area contributed by atoms with Gasteiger partial charge in [-0.2, -0.15) is 0 Å². The Morgan fingerprint density at radius 1 is 1.62 bits per heavy atom. The third-order valence-electron chi connectivity index (χ3n) is 2.00. The predicted octanol–water partition coefficient (Wildman–Crippen LogP) is 0.563. The monoisotopic (exact) mass is 219 g/mol. The van der Waals surface area contributed by atoms with E-state index in [0.29, 0.717) is 5.82 Å². The number of carboxylic acids is 1. The molecule has 0 aliphatic carbocycles. The number of aliphatic carboxylic acids is 1. The summed E-state index contributed by atoms with van der Waals surface area (Å²) in [4.78, 5) is 20.2. The molecule has 0 amide bonds. The molecule has 5 nitrogen and oxygen atoms in total. The van der Waals surface area contributed by atoms with Crippen LogP contribution in [0.4, 0.5) is 5.82 Å². The number of nitrogens with zero attached hydrogens (tertiary/aromatic N) is 3. The highest BCUT2D eigenvalue weighted by Gasteiger charge is 2.11. The fourth-order valence-corrected chi connectivity index (χ4v) is 1.24. The highest BCUT2D eigenvalue weighted by molar-refractivity contribution is 5.73. The summed E-state index contributed by atoms with van der Waals surface area (Å²) in [6.45, 7) is 2.02. The van der Waals surface area contributed by atoms with Crippen molar-refractivity contribution < 1.29 is 9.90 Å². The van der Waals surface area contributed by atoms with Crippen LogP contribution < -0.4 is 4.90 Å². The molecule has 0 radical (unpaired) electrons. The maximum Gasteiger partial charge on any atom is 0.323 e. The number of carboxylic acid groups (broad SMARTS) is 1. The molecule has 0 bridgehead atoms. The Bertz CT molecular complexity index is 412. The van der Waals surface area contributed by atoms with Crippen molar-refractivity contribution in [3.05, 3.63) is 18.1 Å². The van der Waals surface area contributed by atoms with Gasteiger partial charge in [-0.15, -0.1) is 6.42 Å². The molecule has 1 aromatic heterocycles. The summed E-state index contributed by atoms with van der Waals surface area (Å²) in [6, 6.07) is 1.75. The Labute approximate surface area is 94.1 Å². The molecule has 0 spiro atoms. The Morgan fingerprint density at radius 2 is 2.38 bits per heavy atom. The van der Waals surface area contributed by atoms with Crippen LogP contribution >= 0.6 is 0 Å². The number of hydrogen-bond acceptors (Lipinski definition) is 4. The molecule has 16 heavy (non-hydrogen) atoms. The molecular weight excluding hydrogens is 206 g/mol. The molecule has 84 valence electrons. The number of anilines is 1. The van der Waals surface area contributed by atoms with Crippen molar-refractivity contribution in [3.63, 3.8) is 0 Å². The van der Waals surface area contributed by atoms with Gasteiger partial charge in [-0.05, 0) is 6.42 Å². The second kappa shape index (κ2) is 5.71. The van der Waals surface area contributed by atoms with E-state index in [0.717, 1.165) is 12.1 Å². The van der Waals surface area contributed by atoms with E-state index in [2.05, 4.69) is 15.9 Å². The molecule has 0 aliphatic rings. The number of terminal acetylenes is 1. The number of carbonyl (C=O) groups is 1. The van der Waals surface area contributed by atoms with Gasteiger partial charge < -0.3 is 10.0 Å². The topological polar surface area (TPSA) is 66.3 Å². The van der Waals surface area contributed by atoms with Gasteiger partial charge in [0.2, 0.25) is 0 Å². The summed E-state index contributed by atoms with van der Waals surface area (Å²) in [5, 5.41) is 8.74. The molecule has 0 aliphatic heterocycles. The second-order valence-corrected chi connectivity index (χ2v) is 3.18. The van der Waals surface area contributed by atoms with E-state index >= 15 is 0 Å². The Morgan fingerprint density at radius 3 is 2.94 bits per heavy atom. The molecule has 0 aromatic carbocycles. The van der Waals surface area contributed by atoms with Gasteiger partial charge in [0.1, 0.15) is 18.7 Å². The van der Waals surface area contributed by atoms with Gasteiger partial charge in [0.15, 0.2) is 0 Å². The summed E-state index contributed by atoms with van der Waals surface area (Å²) in [5.74, 6) is 2.02. The van der Waals surface area contributed by atoms with E-state index < -0.39 is 5.97 Å². The zero-order valence-electron chi connectivity index (χ0n) is 9.05. The maximum atomic E-state index is 10.7. The van der Waals surface area contributed by atoms with Gasteiger partial charge >= 0.3 is 5.97 Å². The van der Waals surface area contributed by atoms with E-state index in [1.807, 2.05) is 6.92 Å². The standard InChI is InChI=1S/C11H13N3O2/c1-3-5-14(7-11(15)16)10-6-9(4-2)12-8-13-10/h1,6,8H,4-5,7H2,2H3,(H,15,16). The molecule has 5 heteroatoms. The van der Waals surface area contributed by atoms with Crippen molar-refractivity contribution in [3.8, 4) is 12.3 Å². The van der Waals surface area contributed by atoms with Crippen molar-refractivity contribution in [1.29, 1.82) is 0 Å². The Kier molecular flexibility index (Phi) is 4.28. The van der Waals surface area contributed by atoms with Crippen molar-refractivity contribution in [2.75, 3.05) is 18.0 Å². The van der Waals surface area contributed by atoms with E-state index in [1.165, 1.54) is 11.2 Å². The van der Waals surface area contributed by atoms with E-state index in [-0.39, 0.29) is 13.1 Å². The quantitative estimate of drug-likeness (QED) is 0.733. The van der Waals surface area contributed by atoms with Gasteiger partial charge in [-0.3, -0.25) is 4.79 Å². The molecule has 1 rings (SSSR count). The minimum atomic E-state index is -0.938. The smallest absolute Gasteiger partial charge is 0.323 e. The number of aromatic nitrogens is 2. The van der Waals surface area contributed by atoms with Crippen molar-refractivity contribution in [1.82, 2.24) is 9.97 Å². The van der Waals surface area contributed by atoms with Crippen LogP contribution in [0.15, 0.2) is 12.4 Å². The number of rotatable bonds is 5. The third kappa shape index (κ3) is 3.24. The summed E-state index contributed by atoms with van der Waals surface area (Å²) in [6.07, 6.45) is 7.37. The molecule has 1 N–H and O–H groups in total. The van der Waals surface area contributed by atoms with Crippen LogP contribution in [0.3, 0.4) is 0 Å². The summed E-state index contributed by atoms with van der Waals surface area (Å²) in [5.41, 5.74) is 0.859. The first-order valence-electron chi connectivity index (χ1n) is 4.88. The highest BCUT2D eigenvalue weighted by Crippen LogP contribution is 2.10. The van der Waals surface area contributed by atoms with Crippen molar-refractivity contribution >= 4 is 11.8 Å². The van der Waals surface area contributed by atoms with Crippen LogP contribution in [-0.4, -0.2) is 34.1 Å². The second-order valence-electron chi connectivity index (χ2n) is 3.18. The van der Waals surface area contributed by atoms with Crippen LogP contribution in [0.5, 0.6) is 0 Å². The van der Waals surface area contributed by atoms with Gasteiger partial charge in [-0.25, -0.2) is 9.97 Å². The van der Waals surface area contributed by atoms with E-state index in [4.69, 9.17) is 11.5 Å². The zero-order chi connectivity index (χ0) is 12.0. The first-order valence-corrected chi connectivity index (χ1v) is 4.88. The lowest BCUT2D eigenvalue weighted by Crippen LogP contribution is -2.30. The Hall–Kier alpha value is -2.09. The van der Waals surface area contributed by atoms with Gasteiger partial charge in [0.25, 0.3) is 0 Å². The molecule has 0 atom stereocenters. The van der Waals surface area contributed by atoms with E-state index in [1.54, 1.807) is 6.07 Å². The predicted molar refractivity (Wildman–Crippen MR) is 60.1 cm³/mol. The lowest BCUT2D eigenvalue weighted by molar-refractivity contribution is -0.135. The fourth-order valence-electron chi connectivity index (χ4n) is 1.24. The largest absolute Gasteiger partial charge is 0.480 e. The lowest BCUT2D eigenvalue weighted by atomic mass is 10.3. The van der Waals surface area contributed by atoms with Gasteiger partial charge in [0, 0.05) is 11.8 Å². The Balaban J connectivity index is 2.91. The van der Waals surface area contributed by atoms with Crippen LogP contribution in [0.1, 0.15) is 12.6 Å². The minimum Gasteiger partial charge on any atom is -0.480 e. The van der Waals surface area contributed by atoms with Crippen LogP contribution in [-0.2, 0) is 11.2 Å². The average molecular weight is 219 g/mol. The molecular formula is C11H13N3O2. The van der Waals surface area contributed by atoms with Crippen LogP contribution in [0.2, 0.25) is 0 Å². The molecule has 0 saturated heterocycles. The molecule has 0 fully saturated rings. The summed E-state index contributed by atoms with van der Waals surface area (Å²) in [7, 11) is 0. The fraction of sp³-hybridized carbons (Fsp3) is 0.364. The molecule has 0 saturated carbocycles. The first kappa shape index (κ1) is 12.0. The molecule has 0 unspecified atom stereocenters. The van der Waals surface area contributed by atoms with Crippen molar-refractivity contribution in [2.24, 2.45) is 0 Å². The lowest BCUT2D eigenvalue weighted by Gasteiger charge is -2.18. The normalized spacial score (nSPS) is 9.50. The first-order chi connectivity index (χ1) is 7.67. The average Bonchev–Trinajstić information content (AvgIpc) is 2.28. The zero-order valence-corrected chi connectivity index (χ0v) is 9.05. The van der Waals surface area contributed by atoms with Crippen molar-refractivity contribution in [2.45, 2.75) is 13.3 Å². The maximum absolute atomic E-state index is 10.7.